The average Bonchev–Trinajstić information content (AvgIpc) is 3.03. The Labute approximate surface area is 187 Å². The van der Waals surface area contributed by atoms with E-state index in [0.717, 1.165) is 5.56 Å². The fraction of sp³-hybridized carbons (Fsp3) is 0.522. The lowest BCUT2D eigenvalue weighted by atomic mass is 9.93. The number of ether oxygens (including phenoxy) is 3. The van der Waals surface area contributed by atoms with Crippen molar-refractivity contribution in [2.75, 3.05) is 13.2 Å². The Morgan fingerprint density at radius 2 is 1.84 bits per heavy atom. The molecule has 1 fully saturated rings. The molecule has 0 aromatic heterocycles. The number of allylic oxidation sites excluding steroid dienone is 1. The number of hydrogen-bond acceptors (Lipinski definition) is 7. The predicted molar refractivity (Wildman–Crippen MR) is 121 cm³/mol. The molecule has 8 heteroatoms. The van der Waals surface area contributed by atoms with Crippen molar-refractivity contribution in [2.45, 2.75) is 65.4 Å². The van der Waals surface area contributed by atoms with Crippen LogP contribution in [0.1, 0.15) is 59.6 Å². The van der Waals surface area contributed by atoms with Gasteiger partial charge in [-0.25, -0.2) is 9.79 Å². The third-order valence-corrected chi connectivity index (χ3v) is 6.29. The van der Waals surface area contributed by atoms with Crippen molar-refractivity contribution >= 4 is 28.8 Å². The van der Waals surface area contributed by atoms with E-state index >= 15 is 0 Å². The molecule has 2 aliphatic heterocycles. The van der Waals surface area contributed by atoms with Crippen molar-refractivity contribution < 1.29 is 23.8 Å². The topological polar surface area (TPSA) is 77.4 Å². The van der Waals surface area contributed by atoms with Gasteiger partial charge in [-0.05, 0) is 58.7 Å². The molecule has 1 saturated heterocycles. The van der Waals surface area contributed by atoms with Gasteiger partial charge in [0.25, 0.3) is 0 Å². The van der Waals surface area contributed by atoms with Gasteiger partial charge in [0.1, 0.15) is 0 Å². The van der Waals surface area contributed by atoms with E-state index in [9.17, 15) is 9.59 Å². The maximum atomic E-state index is 13.2. The maximum absolute atomic E-state index is 13.2. The summed E-state index contributed by atoms with van der Waals surface area (Å²) in [6.45, 7) is 12.1. The van der Waals surface area contributed by atoms with E-state index < -0.39 is 12.0 Å². The Morgan fingerprint density at radius 3 is 2.45 bits per heavy atom. The van der Waals surface area contributed by atoms with Crippen LogP contribution in [0.2, 0.25) is 0 Å². The molecule has 168 valence electrons. The number of benzene rings is 1. The molecule has 31 heavy (non-hydrogen) atoms. The van der Waals surface area contributed by atoms with Gasteiger partial charge < -0.3 is 14.2 Å². The summed E-state index contributed by atoms with van der Waals surface area (Å²) in [5.41, 5.74) is 1.68. The minimum Gasteiger partial charge on any atom is -0.490 e. The van der Waals surface area contributed by atoms with Gasteiger partial charge in [0, 0.05) is 0 Å². The highest BCUT2D eigenvalue weighted by Crippen LogP contribution is 2.45. The van der Waals surface area contributed by atoms with E-state index in [1.54, 1.807) is 25.7 Å². The number of rotatable bonds is 8. The molecule has 1 aromatic rings. The summed E-state index contributed by atoms with van der Waals surface area (Å²) in [4.78, 5) is 32.5. The average molecular weight is 447 g/mol. The van der Waals surface area contributed by atoms with Gasteiger partial charge in [0.05, 0.1) is 41.9 Å². The first kappa shape index (κ1) is 23.2. The number of hydrogen-bond donors (Lipinski definition) is 0. The fourth-order valence-electron chi connectivity index (χ4n) is 3.68. The summed E-state index contributed by atoms with van der Waals surface area (Å²) < 4.78 is 17.0. The molecule has 0 N–H and O–H groups in total. The normalized spacial score (nSPS) is 20.7. The molecule has 1 aromatic carbocycles. The number of thioether (sulfide) groups is 1. The monoisotopic (exact) mass is 446 g/mol. The third kappa shape index (κ3) is 4.59. The first-order valence-corrected chi connectivity index (χ1v) is 11.6. The van der Waals surface area contributed by atoms with Crippen LogP contribution >= 0.6 is 11.8 Å². The van der Waals surface area contributed by atoms with Crippen molar-refractivity contribution in [3.8, 4) is 11.5 Å². The first-order valence-electron chi connectivity index (χ1n) is 10.7. The molecule has 0 spiro atoms. The van der Waals surface area contributed by atoms with Gasteiger partial charge in [0.2, 0.25) is 5.91 Å². The summed E-state index contributed by atoms with van der Waals surface area (Å²) in [6.07, 6.45) is 0.398. The lowest BCUT2D eigenvalue weighted by Crippen LogP contribution is -2.41. The van der Waals surface area contributed by atoms with Gasteiger partial charge in [-0.1, -0.05) is 24.8 Å². The third-order valence-electron chi connectivity index (χ3n) is 4.97. The Bertz CT molecular complexity index is 925. The van der Waals surface area contributed by atoms with E-state index in [2.05, 4.69) is 4.99 Å². The molecule has 3 rings (SSSR count). The molecule has 7 nitrogen and oxygen atoms in total. The van der Waals surface area contributed by atoms with Crippen LogP contribution in [0.15, 0.2) is 34.5 Å². The number of fused-ring (bicyclic) bond motifs is 1. The number of amides is 1. The van der Waals surface area contributed by atoms with Crippen LogP contribution < -0.4 is 9.47 Å². The van der Waals surface area contributed by atoms with Crippen molar-refractivity contribution in [1.29, 1.82) is 0 Å². The van der Waals surface area contributed by atoms with E-state index in [1.807, 2.05) is 39.0 Å². The molecule has 0 aliphatic carbocycles. The Balaban J connectivity index is 2.14. The first-order chi connectivity index (χ1) is 14.8. The maximum Gasteiger partial charge on any atom is 0.338 e. The van der Waals surface area contributed by atoms with Crippen LogP contribution in [0, 0.1) is 0 Å². The number of carbonyl (C=O) groups excluding carboxylic acids is 2. The quantitative estimate of drug-likeness (QED) is 0.548. The van der Waals surface area contributed by atoms with Crippen LogP contribution in [0.5, 0.6) is 11.5 Å². The highest BCUT2D eigenvalue weighted by atomic mass is 32.2. The predicted octanol–water partition coefficient (Wildman–Crippen LogP) is 4.47. The van der Waals surface area contributed by atoms with Crippen LogP contribution in [0.4, 0.5) is 0 Å². The van der Waals surface area contributed by atoms with Gasteiger partial charge in [-0.3, -0.25) is 9.69 Å². The lowest BCUT2D eigenvalue weighted by molar-refractivity contribution is -0.143. The molecule has 0 bridgehead atoms. The molecule has 2 unspecified atom stereocenters. The molecular formula is C23H30N2O5S. The summed E-state index contributed by atoms with van der Waals surface area (Å²) in [5.74, 6) is 0.681. The lowest BCUT2D eigenvalue weighted by Gasteiger charge is -2.33. The van der Waals surface area contributed by atoms with Crippen LogP contribution in [-0.4, -0.2) is 46.5 Å². The van der Waals surface area contributed by atoms with Gasteiger partial charge in [0.15, 0.2) is 16.7 Å². The number of amidine groups is 1. The van der Waals surface area contributed by atoms with E-state index in [0.29, 0.717) is 47.6 Å². The van der Waals surface area contributed by atoms with Crippen molar-refractivity contribution in [3.05, 3.63) is 35.0 Å². The van der Waals surface area contributed by atoms with Gasteiger partial charge in [-0.2, -0.15) is 0 Å². The number of esters is 1. The summed E-state index contributed by atoms with van der Waals surface area (Å²) in [6, 6.07) is 4.90. The molecule has 0 saturated carbocycles. The summed E-state index contributed by atoms with van der Waals surface area (Å²) >= 11 is 1.44. The van der Waals surface area contributed by atoms with Gasteiger partial charge in [-0.15, -0.1) is 0 Å². The SMILES string of the molecule is CCOc1ccc(C2C(C(=O)OC(C)C)=C(C)N=C3SC(CC)C(=O)N32)cc1OCC. The van der Waals surface area contributed by atoms with E-state index in [1.165, 1.54) is 11.8 Å². The standard InChI is InChI=1S/C23H30N2O5S/c1-7-18-21(26)25-20(15-10-11-16(28-8-2)17(12-15)29-9-3)19(22(27)30-13(4)5)14(6)24-23(25)31-18/h10-13,18,20H,7-9H2,1-6H3. The second kappa shape index (κ2) is 9.77. The summed E-state index contributed by atoms with van der Waals surface area (Å²) in [5, 5.41) is 0.399. The Hall–Kier alpha value is -2.48. The van der Waals surface area contributed by atoms with Crippen LogP contribution in [-0.2, 0) is 14.3 Å². The zero-order chi connectivity index (χ0) is 22.7. The van der Waals surface area contributed by atoms with Crippen molar-refractivity contribution in [1.82, 2.24) is 4.90 Å². The highest BCUT2D eigenvalue weighted by Gasteiger charge is 2.47. The second-order valence-corrected chi connectivity index (χ2v) is 8.72. The zero-order valence-electron chi connectivity index (χ0n) is 18.9. The largest absolute Gasteiger partial charge is 0.490 e. The number of nitrogens with zero attached hydrogens (tertiary/aromatic N) is 2. The molecule has 2 heterocycles. The Morgan fingerprint density at radius 1 is 1.16 bits per heavy atom. The molecule has 0 radical (unpaired) electrons. The second-order valence-electron chi connectivity index (χ2n) is 7.55. The molecule has 1 amide bonds. The minimum atomic E-state index is -0.634. The summed E-state index contributed by atoms with van der Waals surface area (Å²) in [7, 11) is 0. The highest BCUT2D eigenvalue weighted by molar-refractivity contribution is 8.15. The molecular weight excluding hydrogens is 416 g/mol. The van der Waals surface area contributed by atoms with Crippen molar-refractivity contribution in [3.63, 3.8) is 0 Å². The fourth-order valence-corrected chi connectivity index (χ4v) is 4.81. The van der Waals surface area contributed by atoms with Gasteiger partial charge >= 0.3 is 5.97 Å². The minimum absolute atomic E-state index is 0.0505. The smallest absolute Gasteiger partial charge is 0.338 e. The van der Waals surface area contributed by atoms with Crippen molar-refractivity contribution in [2.24, 2.45) is 4.99 Å². The number of carbonyl (C=O) groups is 2. The van der Waals surface area contributed by atoms with Crippen LogP contribution in [0.25, 0.3) is 0 Å². The van der Waals surface area contributed by atoms with E-state index in [-0.39, 0.29) is 17.3 Å². The molecule has 2 aliphatic rings. The van der Waals surface area contributed by atoms with Crippen LogP contribution in [0.3, 0.4) is 0 Å². The number of aliphatic imine (C=N–C) groups is 1. The Kier molecular flexibility index (Phi) is 7.30. The molecule has 2 atom stereocenters. The van der Waals surface area contributed by atoms with E-state index in [4.69, 9.17) is 14.2 Å². The zero-order valence-corrected chi connectivity index (χ0v) is 19.7.